The van der Waals surface area contributed by atoms with E-state index in [0.29, 0.717) is 24.5 Å². The van der Waals surface area contributed by atoms with Crippen LogP contribution in [0.5, 0.6) is 0 Å². The van der Waals surface area contributed by atoms with E-state index in [0.717, 1.165) is 38.4 Å². The van der Waals surface area contributed by atoms with Crippen LogP contribution in [0.25, 0.3) is 0 Å². The molecule has 2 aliphatic rings. The fraction of sp³-hybridized carbons (Fsp3) is 0.727. The van der Waals surface area contributed by atoms with Gasteiger partial charge in [-0.1, -0.05) is 51.5 Å². The highest BCUT2D eigenvalue weighted by Gasteiger charge is 2.32. The Kier molecular flexibility index (Phi) is 6.54. The standard InChI is InChI=1S/C22H35NO2/c1-16(2)21-9-8-17(3)12-22(21)25-15-20(24)14-23-11-10-18-6-4-5-7-19(18)13-23/h4-7,16-17,20-22,24H,8-15H2,1-3H3/p+1/t17-,20+,21+,22+/m0/s1. The summed E-state index contributed by atoms with van der Waals surface area (Å²) in [5.74, 6) is 2.07. The zero-order valence-electron chi connectivity index (χ0n) is 16.2. The van der Waals surface area contributed by atoms with Gasteiger partial charge in [0.1, 0.15) is 19.2 Å². The Hall–Kier alpha value is -0.900. The van der Waals surface area contributed by atoms with Crippen LogP contribution >= 0.6 is 0 Å². The van der Waals surface area contributed by atoms with Crippen molar-refractivity contribution in [2.75, 3.05) is 19.7 Å². The summed E-state index contributed by atoms with van der Waals surface area (Å²) in [5, 5.41) is 10.5. The molecule has 0 bridgehead atoms. The molecule has 0 amide bonds. The SMILES string of the molecule is CC(C)[C@H]1CC[C@H](C)C[C@H]1OC[C@H](O)C[NH+]1CCc2ccccc2C1. The fourth-order valence-corrected chi connectivity index (χ4v) is 4.75. The number of nitrogens with one attached hydrogen (secondary N) is 1. The number of aliphatic hydroxyl groups excluding tert-OH is 1. The third kappa shape index (κ3) is 5.06. The van der Waals surface area contributed by atoms with E-state index < -0.39 is 0 Å². The number of quaternary nitrogens is 1. The molecule has 0 radical (unpaired) electrons. The summed E-state index contributed by atoms with van der Waals surface area (Å²) in [4.78, 5) is 1.48. The molecule has 2 N–H and O–H groups in total. The van der Waals surface area contributed by atoms with Crippen LogP contribution in [0, 0.1) is 17.8 Å². The summed E-state index contributed by atoms with van der Waals surface area (Å²) in [7, 11) is 0. The van der Waals surface area contributed by atoms with E-state index in [9.17, 15) is 5.11 Å². The van der Waals surface area contributed by atoms with Crippen molar-refractivity contribution in [2.45, 2.75) is 65.2 Å². The van der Waals surface area contributed by atoms with Gasteiger partial charge in [-0.2, -0.15) is 0 Å². The Morgan fingerprint density at radius 1 is 1.20 bits per heavy atom. The highest BCUT2D eigenvalue weighted by Crippen LogP contribution is 2.35. The number of ether oxygens (including phenoxy) is 1. The van der Waals surface area contributed by atoms with Gasteiger partial charge < -0.3 is 14.7 Å². The number of hydrogen-bond donors (Lipinski definition) is 2. The molecule has 3 heteroatoms. The first kappa shape index (κ1) is 18.9. The molecule has 1 saturated carbocycles. The zero-order valence-corrected chi connectivity index (χ0v) is 16.2. The second-order valence-corrected chi connectivity index (χ2v) is 8.75. The highest BCUT2D eigenvalue weighted by atomic mass is 16.5. The van der Waals surface area contributed by atoms with Crippen LogP contribution in [0.2, 0.25) is 0 Å². The second-order valence-electron chi connectivity index (χ2n) is 8.75. The molecule has 1 aliphatic carbocycles. The Bertz CT molecular complexity index is 545. The van der Waals surface area contributed by atoms with E-state index in [1.807, 2.05) is 0 Å². The van der Waals surface area contributed by atoms with Gasteiger partial charge in [0, 0.05) is 12.0 Å². The van der Waals surface area contributed by atoms with E-state index in [1.165, 1.54) is 28.9 Å². The summed E-state index contributed by atoms with van der Waals surface area (Å²) in [6.45, 7) is 10.4. The lowest BCUT2D eigenvalue weighted by Crippen LogP contribution is -3.13. The van der Waals surface area contributed by atoms with E-state index in [-0.39, 0.29) is 6.10 Å². The van der Waals surface area contributed by atoms with Crippen molar-refractivity contribution in [1.29, 1.82) is 0 Å². The molecule has 1 heterocycles. The molecular formula is C22H36NO2+. The Balaban J connectivity index is 1.47. The fourth-order valence-electron chi connectivity index (χ4n) is 4.75. The predicted molar refractivity (Wildman–Crippen MR) is 102 cm³/mol. The molecule has 1 aliphatic heterocycles. The van der Waals surface area contributed by atoms with Crippen LogP contribution in [0.3, 0.4) is 0 Å². The van der Waals surface area contributed by atoms with E-state index in [2.05, 4.69) is 45.0 Å². The summed E-state index contributed by atoms with van der Waals surface area (Å²) < 4.78 is 6.24. The maximum absolute atomic E-state index is 10.5. The van der Waals surface area contributed by atoms with E-state index >= 15 is 0 Å². The first-order chi connectivity index (χ1) is 12.0. The molecular weight excluding hydrogens is 310 g/mol. The van der Waals surface area contributed by atoms with Crippen molar-refractivity contribution >= 4 is 0 Å². The topological polar surface area (TPSA) is 33.9 Å². The third-order valence-corrected chi connectivity index (χ3v) is 6.30. The third-order valence-electron chi connectivity index (χ3n) is 6.30. The van der Waals surface area contributed by atoms with Crippen LogP contribution in [0.1, 0.15) is 51.2 Å². The molecule has 1 aromatic rings. The quantitative estimate of drug-likeness (QED) is 0.830. The van der Waals surface area contributed by atoms with Crippen molar-refractivity contribution in [3.05, 3.63) is 35.4 Å². The van der Waals surface area contributed by atoms with Crippen molar-refractivity contribution in [2.24, 2.45) is 17.8 Å². The van der Waals surface area contributed by atoms with Gasteiger partial charge in [-0.3, -0.25) is 0 Å². The number of aliphatic hydroxyl groups is 1. The van der Waals surface area contributed by atoms with Gasteiger partial charge in [0.25, 0.3) is 0 Å². The van der Waals surface area contributed by atoms with Crippen LogP contribution in [-0.4, -0.2) is 37.0 Å². The molecule has 3 rings (SSSR count). The number of hydrogen-bond acceptors (Lipinski definition) is 2. The molecule has 3 nitrogen and oxygen atoms in total. The van der Waals surface area contributed by atoms with E-state index in [1.54, 1.807) is 0 Å². The summed E-state index contributed by atoms with van der Waals surface area (Å²) in [6, 6.07) is 8.72. The molecule has 0 saturated heterocycles. The molecule has 5 atom stereocenters. The first-order valence-corrected chi connectivity index (χ1v) is 10.2. The lowest BCUT2D eigenvalue weighted by Gasteiger charge is -2.37. The van der Waals surface area contributed by atoms with Crippen LogP contribution in [0.4, 0.5) is 0 Å². The van der Waals surface area contributed by atoms with Crippen molar-refractivity contribution in [1.82, 2.24) is 0 Å². The van der Waals surface area contributed by atoms with Crippen LogP contribution in [0.15, 0.2) is 24.3 Å². The molecule has 1 fully saturated rings. The summed E-state index contributed by atoms with van der Waals surface area (Å²) in [5.41, 5.74) is 2.92. The largest absolute Gasteiger partial charge is 0.385 e. The average molecular weight is 347 g/mol. The second kappa shape index (κ2) is 8.66. The van der Waals surface area contributed by atoms with E-state index in [4.69, 9.17) is 4.74 Å². The number of fused-ring (bicyclic) bond motifs is 1. The predicted octanol–water partition coefficient (Wildman–Crippen LogP) is 2.47. The van der Waals surface area contributed by atoms with Gasteiger partial charge in [-0.15, -0.1) is 0 Å². The minimum absolute atomic E-state index is 0.329. The molecule has 1 unspecified atom stereocenters. The minimum Gasteiger partial charge on any atom is -0.385 e. The lowest BCUT2D eigenvalue weighted by molar-refractivity contribution is -0.919. The molecule has 1 aromatic carbocycles. The molecule has 0 aromatic heterocycles. The van der Waals surface area contributed by atoms with Crippen LogP contribution < -0.4 is 4.90 Å². The normalized spacial score (nSPS) is 30.9. The first-order valence-electron chi connectivity index (χ1n) is 10.2. The monoisotopic (exact) mass is 346 g/mol. The highest BCUT2D eigenvalue weighted by molar-refractivity contribution is 5.27. The van der Waals surface area contributed by atoms with Gasteiger partial charge in [-0.05, 0) is 36.2 Å². The zero-order chi connectivity index (χ0) is 17.8. The lowest BCUT2D eigenvalue weighted by atomic mass is 9.75. The van der Waals surface area contributed by atoms with Gasteiger partial charge in [0.15, 0.2) is 0 Å². The smallest absolute Gasteiger partial charge is 0.126 e. The van der Waals surface area contributed by atoms with Gasteiger partial charge in [-0.25, -0.2) is 0 Å². The average Bonchev–Trinajstić information content (AvgIpc) is 2.59. The molecule has 140 valence electrons. The summed E-state index contributed by atoms with van der Waals surface area (Å²) >= 11 is 0. The number of benzene rings is 1. The van der Waals surface area contributed by atoms with Gasteiger partial charge in [0.05, 0.1) is 19.3 Å². The maximum Gasteiger partial charge on any atom is 0.126 e. The number of rotatable bonds is 6. The Labute approximate surface area is 153 Å². The van der Waals surface area contributed by atoms with Crippen molar-refractivity contribution < 1.29 is 14.7 Å². The van der Waals surface area contributed by atoms with Crippen molar-refractivity contribution in [3.8, 4) is 0 Å². The minimum atomic E-state index is -0.356. The molecule has 0 spiro atoms. The Morgan fingerprint density at radius 3 is 2.72 bits per heavy atom. The Morgan fingerprint density at radius 2 is 1.96 bits per heavy atom. The van der Waals surface area contributed by atoms with Gasteiger partial charge >= 0.3 is 0 Å². The van der Waals surface area contributed by atoms with Crippen LogP contribution in [-0.2, 0) is 17.7 Å². The summed E-state index contributed by atoms with van der Waals surface area (Å²) in [6.07, 6.45) is 4.84. The molecule has 25 heavy (non-hydrogen) atoms. The van der Waals surface area contributed by atoms with Crippen molar-refractivity contribution in [3.63, 3.8) is 0 Å². The van der Waals surface area contributed by atoms with Gasteiger partial charge in [0.2, 0.25) is 0 Å². The maximum atomic E-state index is 10.5.